The molecular formula is C14H26N2O2. The second-order valence-corrected chi connectivity index (χ2v) is 6.63. The van der Waals surface area contributed by atoms with Crippen LogP contribution in [0.2, 0.25) is 0 Å². The van der Waals surface area contributed by atoms with Crippen LogP contribution in [-0.4, -0.2) is 41.8 Å². The van der Waals surface area contributed by atoms with Crippen molar-refractivity contribution in [1.82, 2.24) is 10.2 Å². The molecule has 0 saturated carbocycles. The number of likely N-dealkylation sites (tertiary alicyclic amines) is 1. The molecule has 0 unspecified atom stereocenters. The van der Waals surface area contributed by atoms with Crippen LogP contribution >= 0.6 is 0 Å². The van der Waals surface area contributed by atoms with E-state index in [2.05, 4.69) is 5.32 Å². The van der Waals surface area contributed by atoms with Gasteiger partial charge in [-0.15, -0.1) is 0 Å². The van der Waals surface area contributed by atoms with Gasteiger partial charge in [-0.2, -0.15) is 0 Å². The molecule has 1 amide bonds. The molecule has 2 aliphatic heterocycles. The SMILES string of the molecule is CC(C)(C)OC(=O)N1CCC[C@@]2(CCCN2)CC1. The minimum atomic E-state index is -0.396. The number of hydrogen-bond donors (Lipinski definition) is 1. The van der Waals surface area contributed by atoms with Crippen molar-refractivity contribution in [2.45, 2.75) is 64.0 Å². The van der Waals surface area contributed by atoms with Gasteiger partial charge >= 0.3 is 6.09 Å². The fourth-order valence-electron chi connectivity index (χ4n) is 3.00. The average molecular weight is 254 g/mol. The van der Waals surface area contributed by atoms with Crippen molar-refractivity contribution >= 4 is 6.09 Å². The van der Waals surface area contributed by atoms with E-state index in [1.54, 1.807) is 0 Å². The molecule has 1 N–H and O–H groups in total. The molecule has 2 heterocycles. The Morgan fingerprint density at radius 2 is 1.89 bits per heavy atom. The quantitative estimate of drug-likeness (QED) is 0.722. The van der Waals surface area contributed by atoms with Crippen molar-refractivity contribution in [3.8, 4) is 0 Å². The molecule has 104 valence electrons. The van der Waals surface area contributed by atoms with Crippen LogP contribution in [0.25, 0.3) is 0 Å². The first-order chi connectivity index (χ1) is 8.40. The van der Waals surface area contributed by atoms with Gasteiger partial charge in [-0.25, -0.2) is 4.79 Å². The van der Waals surface area contributed by atoms with Crippen LogP contribution in [0.3, 0.4) is 0 Å². The van der Waals surface area contributed by atoms with Gasteiger partial charge in [0.1, 0.15) is 5.60 Å². The second kappa shape index (κ2) is 5.08. The molecule has 2 saturated heterocycles. The summed E-state index contributed by atoms with van der Waals surface area (Å²) >= 11 is 0. The Morgan fingerprint density at radius 3 is 2.50 bits per heavy atom. The van der Waals surface area contributed by atoms with E-state index in [1.807, 2.05) is 25.7 Å². The van der Waals surface area contributed by atoms with Crippen molar-refractivity contribution < 1.29 is 9.53 Å². The molecule has 0 aromatic heterocycles. The van der Waals surface area contributed by atoms with E-state index < -0.39 is 5.60 Å². The summed E-state index contributed by atoms with van der Waals surface area (Å²) in [6.45, 7) is 8.54. The predicted molar refractivity (Wildman–Crippen MR) is 71.6 cm³/mol. The van der Waals surface area contributed by atoms with Crippen molar-refractivity contribution in [2.24, 2.45) is 0 Å². The molecule has 2 aliphatic rings. The molecule has 0 aromatic rings. The van der Waals surface area contributed by atoms with Crippen LogP contribution < -0.4 is 5.32 Å². The van der Waals surface area contributed by atoms with Gasteiger partial charge in [0.25, 0.3) is 0 Å². The Kier molecular flexibility index (Phi) is 3.85. The number of carbonyl (C=O) groups is 1. The van der Waals surface area contributed by atoms with Gasteiger partial charge in [0, 0.05) is 18.6 Å². The summed E-state index contributed by atoms with van der Waals surface area (Å²) in [7, 11) is 0. The molecule has 0 aromatic carbocycles. The van der Waals surface area contributed by atoms with E-state index in [-0.39, 0.29) is 6.09 Å². The molecule has 1 atom stereocenters. The molecule has 0 radical (unpaired) electrons. The van der Waals surface area contributed by atoms with Crippen molar-refractivity contribution in [3.63, 3.8) is 0 Å². The highest BCUT2D eigenvalue weighted by Crippen LogP contribution is 2.31. The van der Waals surface area contributed by atoms with E-state index in [0.717, 1.165) is 32.5 Å². The summed E-state index contributed by atoms with van der Waals surface area (Å²) in [6, 6.07) is 0. The third-order valence-electron chi connectivity index (χ3n) is 3.93. The van der Waals surface area contributed by atoms with Gasteiger partial charge in [0.15, 0.2) is 0 Å². The van der Waals surface area contributed by atoms with Crippen LogP contribution in [-0.2, 0) is 4.74 Å². The van der Waals surface area contributed by atoms with E-state index >= 15 is 0 Å². The fraction of sp³-hybridized carbons (Fsp3) is 0.929. The van der Waals surface area contributed by atoms with Gasteiger partial charge in [0.05, 0.1) is 0 Å². The summed E-state index contributed by atoms with van der Waals surface area (Å²) in [5.74, 6) is 0. The zero-order valence-corrected chi connectivity index (χ0v) is 11.9. The Labute approximate surface area is 110 Å². The van der Waals surface area contributed by atoms with Crippen molar-refractivity contribution in [2.75, 3.05) is 19.6 Å². The maximum absolute atomic E-state index is 12.1. The van der Waals surface area contributed by atoms with Crippen LogP contribution in [0.4, 0.5) is 4.79 Å². The molecular weight excluding hydrogens is 228 g/mol. The Morgan fingerprint density at radius 1 is 1.17 bits per heavy atom. The Bertz CT molecular complexity index is 303. The lowest BCUT2D eigenvalue weighted by Gasteiger charge is -2.29. The lowest BCUT2D eigenvalue weighted by atomic mass is 9.89. The number of nitrogens with zero attached hydrogens (tertiary/aromatic N) is 1. The first-order valence-corrected chi connectivity index (χ1v) is 7.13. The second-order valence-electron chi connectivity index (χ2n) is 6.63. The Balaban J connectivity index is 1.90. The van der Waals surface area contributed by atoms with E-state index in [9.17, 15) is 4.79 Å². The molecule has 1 spiro atoms. The van der Waals surface area contributed by atoms with Crippen LogP contribution in [0.15, 0.2) is 0 Å². The van der Waals surface area contributed by atoms with E-state index in [4.69, 9.17) is 4.74 Å². The first-order valence-electron chi connectivity index (χ1n) is 7.13. The lowest BCUT2D eigenvalue weighted by Crippen LogP contribution is -2.42. The first kappa shape index (κ1) is 13.7. The topological polar surface area (TPSA) is 41.6 Å². The Hall–Kier alpha value is -0.770. The third kappa shape index (κ3) is 3.37. The van der Waals surface area contributed by atoms with Gasteiger partial charge in [-0.05, 0) is 59.4 Å². The van der Waals surface area contributed by atoms with Crippen molar-refractivity contribution in [1.29, 1.82) is 0 Å². The van der Waals surface area contributed by atoms with Gasteiger partial charge < -0.3 is 15.0 Å². The molecule has 0 aliphatic carbocycles. The van der Waals surface area contributed by atoms with Crippen LogP contribution in [0, 0.1) is 0 Å². The summed E-state index contributed by atoms with van der Waals surface area (Å²) in [5, 5.41) is 3.64. The number of nitrogens with one attached hydrogen (secondary N) is 1. The number of ether oxygens (including phenoxy) is 1. The number of amides is 1. The summed E-state index contributed by atoms with van der Waals surface area (Å²) < 4.78 is 5.45. The molecule has 18 heavy (non-hydrogen) atoms. The summed E-state index contributed by atoms with van der Waals surface area (Å²) in [4.78, 5) is 13.9. The highest BCUT2D eigenvalue weighted by atomic mass is 16.6. The highest BCUT2D eigenvalue weighted by molar-refractivity contribution is 5.68. The van der Waals surface area contributed by atoms with E-state index in [1.165, 1.54) is 19.3 Å². The van der Waals surface area contributed by atoms with Gasteiger partial charge in [-0.3, -0.25) is 0 Å². The summed E-state index contributed by atoms with van der Waals surface area (Å²) in [5.41, 5.74) is -0.0938. The van der Waals surface area contributed by atoms with Crippen molar-refractivity contribution in [3.05, 3.63) is 0 Å². The zero-order valence-electron chi connectivity index (χ0n) is 11.9. The maximum Gasteiger partial charge on any atom is 0.410 e. The predicted octanol–water partition coefficient (Wildman–Crippen LogP) is 2.53. The normalized spacial score (nSPS) is 29.4. The standard InChI is InChI=1S/C14H26N2O2/c1-13(2,3)18-12(17)16-10-5-7-14(8-11-16)6-4-9-15-14/h15H,4-11H2,1-3H3/t14-/m0/s1. The maximum atomic E-state index is 12.1. The number of hydrogen-bond acceptors (Lipinski definition) is 3. The molecule has 4 heteroatoms. The zero-order chi connectivity index (χ0) is 13.2. The third-order valence-corrected chi connectivity index (χ3v) is 3.93. The number of rotatable bonds is 0. The largest absolute Gasteiger partial charge is 0.444 e. The smallest absolute Gasteiger partial charge is 0.410 e. The van der Waals surface area contributed by atoms with Gasteiger partial charge in [-0.1, -0.05) is 0 Å². The molecule has 2 rings (SSSR count). The molecule has 4 nitrogen and oxygen atoms in total. The minimum Gasteiger partial charge on any atom is -0.444 e. The highest BCUT2D eigenvalue weighted by Gasteiger charge is 2.36. The lowest BCUT2D eigenvalue weighted by molar-refractivity contribution is 0.0254. The molecule has 2 fully saturated rings. The molecule has 0 bridgehead atoms. The van der Waals surface area contributed by atoms with Crippen LogP contribution in [0.5, 0.6) is 0 Å². The monoisotopic (exact) mass is 254 g/mol. The van der Waals surface area contributed by atoms with E-state index in [0.29, 0.717) is 5.54 Å². The summed E-state index contributed by atoms with van der Waals surface area (Å²) in [6.07, 6.45) is 5.70. The number of carbonyl (C=O) groups excluding carboxylic acids is 1. The minimum absolute atomic E-state index is 0.155. The fourth-order valence-corrected chi connectivity index (χ4v) is 3.00. The average Bonchev–Trinajstić information content (AvgIpc) is 2.57. The van der Waals surface area contributed by atoms with Gasteiger partial charge in [0.2, 0.25) is 0 Å². The van der Waals surface area contributed by atoms with Crippen LogP contribution in [0.1, 0.15) is 52.9 Å².